The molecule has 0 saturated heterocycles. The zero-order chi connectivity index (χ0) is 15.1. The predicted octanol–water partition coefficient (Wildman–Crippen LogP) is 4.53. The Hall–Kier alpha value is -0.800. The summed E-state index contributed by atoms with van der Waals surface area (Å²) in [5, 5.41) is 0. The molecule has 1 atom stereocenters. The maximum Gasteiger partial charge on any atom is 0.166 e. The smallest absolute Gasteiger partial charge is 0.166 e. The van der Waals surface area contributed by atoms with Crippen molar-refractivity contribution in [2.75, 3.05) is 12.3 Å². The van der Waals surface area contributed by atoms with Gasteiger partial charge in [0.2, 0.25) is 0 Å². The van der Waals surface area contributed by atoms with Crippen molar-refractivity contribution in [1.82, 2.24) is 0 Å². The molecule has 1 aromatic rings. The van der Waals surface area contributed by atoms with Crippen LogP contribution in [0, 0.1) is 11.8 Å². The van der Waals surface area contributed by atoms with E-state index in [0.29, 0.717) is 6.54 Å². The number of rotatable bonds is 6. The van der Waals surface area contributed by atoms with E-state index in [1.54, 1.807) is 0 Å². The summed E-state index contributed by atoms with van der Waals surface area (Å²) in [5.41, 5.74) is 6.40. The highest BCUT2D eigenvalue weighted by Crippen LogP contribution is 2.29. The molecule has 0 heterocycles. The summed E-state index contributed by atoms with van der Waals surface area (Å²) >= 11 is 1.90. The molecule has 2 rings (SSSR count). The summed E-state index contributed by atoms with van der Waals surface area (Å²) in [6.07, 6.45) is 8.32. The van der Waals surface area contributed by atoms with Crippen LogP contribution in [0.15, 0.2) is 29.2 Å². The van der Waals surface area contributed by atoms with Gasteiger partial charge in [0.15, 0.2) is 5.78 Å². The molecule has 0 aliphatic heterocycles. The fourth-order valence-corrected chi connectivity index (χ4v) is 4.02. The maximum atomic E-state index is 12.2. The average molecular weight is 305 g/mol. The van der Waals surface area contributed by atoms with Gasteiger partial charge < -0.3 is 5.73 Å². The Morgan fingerprint density at radius 1 is 1.29 bits per heavy atom. The van der Waals surface area contributed by atoms with Crippen molar-refractivity contribution in [2.24, 2.45) is 17.6 Å². The van der Waals surface area contributed by atoms with Crippen LogP contribution in [-0.2, 0) is 0 Å². The third-order valence-electron chi connectivity index (χ3n) is 4.38. The van der Waals surface area contributed by atoms with Crippen LogP contribution in [0.3, 0.4) is 0 Å². The van der Waals surface area contributed by atoms with E-state index in [-0.39, 0.29) is 11.7 Å². The minimum atomic E-state index is -0.0906. The lowest BCUT2D eigenvalue weighted by Gasteiger charge is -2.14. The number of hydrogen-bond acceptors (Lipinski definition) is 3. The first kappa shape index (κ1) is 16.6. The molecule has 0 radical (unpaired) electrons. The van der Waals surface area contributed by atoms with Gasteiger partial charge in [0.05, 0.1) is 0 Å². The van der Waals surface area contributed by atoms with E-state index in [0.717, 1.165) is 11.5 Å². The molecule has 1 aromatic carbocycles. The molecule has 1 unspecified atom stereocenters. The number of carbonyl (C=O) groups is 1. The topological polar surface area (TPSA) is 43.1 Å². The zero-order valence-corrected chi connectivity index (χ0v) is 13.8. The molecule has 0 amide bonds. The molecule has 1 fully saturated rings. The van der Waals surface area contributed by atoms with E-state index in [1.165, 1.54) is 49.2 Å². The summed E-state index contributed by atoms with van der Waals surface area (Å²) in [4.78, 5) is 13.4. The molecule has 0 bridgehead atoms. The molecule has 0 spiro atoms. The van der Waals surface area contributed by atoms with E-state index in [9.17, 15) is 4.79 Å². The van der Waals surface area contributed by atoms with Crippen molar-refractivity contribution in [3.8, 4) is 0 Å². The van der Waals surface area contributed by atoms with Crippen LogP contribution in [0.1, 0.15) is 55.8 Å². The van der Waals surface area contributed by atoms with Crippen molar-refractivity contribution in [1.29, 1.82) is 0 Å². The van der Waals surface area contributed by atoms with E-state index in [2.05, 4.69) is 6.07 Å². The lowest BCUT2D eigenvalue weighted by Crippen LogP contribution is -2.20. The summed E-state index contributed by atoms with van der Waals surface area (Å²) in [6.45, 7) is 2.31. The van der Waals surface area contributed by atoms with Crippen LogP contribution in [0.5, 0.6) is 0 Å². The second-order valence-corrected chi connectivity index (χ2v) is 7.29. The molecular weight excluding hydrogens is 278 g/mol. The molecule has 2 nitrogen and oxygen atoms in total. The van der Waals surface area contributed by atoms with Gasteiger partial charge in [0.1, 0.15) is 0 Å². The molecule has 0 aromatic heterocycles. The highest BCUT2D eigenvalue weighted by atomic mass is 32.2. The first-order valence-corrected chi connectivity index (χ1v) is 9.16. The van der Waals surface area contributed by atoms with Crippen LogP contribution in [-0.4, -0.2) is 18.1 Å². The Bertz CT molecular complexity index is 452. The largest absolute Gasteiger partial charge is 0.330 e. The minimum absolute atomic E-state index is 0.0906. The number of Topliss-reactive ketones (excluding diaryl/α,β-unsaturated/α-hetero) is 1. The summed E-state index contributed by atoms with van der Waals surface area (Å²) in [7, 11) is 0. The minimum Gasteiger partial charge on any atom is -0.330 e. The van der Waals surface area contributed by atoms with E-state index >= 15 is 0 Å². The van der Waals surface area contributed by atoms with Crippen LogP contribution < -0.4 is 5.73 Å². The highest BCUT2D eigenvalue weighted by molar-refractivity contribution is 7.99. The maximum absolute atomic E-state index is 12.2. The summed E-state index contributed by atoms with van der Waals surface area (Å²) < 4.78 is 0. The van der Waals surface area contributed by atoms with Gasteiger partial charge in [-0.3, -0.25) is 4.79 Å². The van der Waals surface area contributed by atoms with Crippen molar-refractivity contribution in [3.05, 3.63) is 29.8 Å². The van der Waals surface area contributed by atoms with Gasteiger partial charge in [-0.15, -0.1) is 11.8 Å². The van der Waals surface area contributed by atoms with Crippen molar-refractivity contribution in [2.45, 2.75) is 50.3 Å². The molecule has 1 aliphatic rings. The molecule has 1 aliphatic carbocycles. The number of benzene rings is 1. The van der Waals surface area contributed by atoms with Crippen molar-refractivity contribution < 1.29 is 4.79 Å². The monoisotopic (exact) mass is 305 g/mol. The Balaban J connectivity index is 1.92. The van der Waals surface area contributed by atoms with Crippen LogP contribution in [0.4, 0.5) is 0 Å². The first-order valence-electron chi connectivity index (χ1n) is 8.18. The van der Waals surface area contributed by atoms with Crippen LogP contribution in [0.2, 0.25) is 0 Å². The molecule has 1 saturated carbocycles. The van der Waals surface area contributed by atoms with E-state index in [1.807, 2.05) is 36.9 Å². The third-order valence-corrected chi connectivity index (χ3v) is 5.61. The molecule has 116 valence electrons. The van der Waals surface area contributed by atoms with Gasteiger partial charge in [0.25, 0.3) is 0 Å². The fourth-order valence-electron chi connectivity index (χ4n) is 2.88. The molecule has 21 heavy (non-hydrogen) atoms. The Morgan fingerprint density at radius 2 is 2.00 bits per heavy atom. The zero-order valence-electron chi connectivity index (χ0n) is 13.0. The van der Waals surface area contributed by atoms with Crippen LogP contribution in [0.25, 0.3) is 0 Å². The number of nitrogens with two attached hydrogens (primary N) is 1. The summed E-state index contributed by atoms with van der Waals surface area (Å²) in [5.74, 6) is 2.10. The van der Waals surface area contributed by atoms with Gasteiger partial charge in [-0.25, -0.2) is 0 Å². The van der Waals surface area contributed by atoms with E-state index in [4.69, 9.17) is 5.73 Å². The highest BCUT2D eigenvalue weighted by Gasteiger charge is 2.15. The predicted molar refractivity (Wildman–Crippen MR) is 90.9 cm³/mol. The SMILES string of the molecule is CC(CN)C(=O)c1cccc(SCC2CCCCCC2)c1. The Morgan fingerprint density at radius 3 is 2.67 bits per heavy atom. The number of carbonyl (C=O) groups excluding carboxylic acids is 1. The van der Waals surface area contributed by atoms with E-state index < -0.39 is 0 Å². The lowest BCUT2D eigenvalue weighted by molar-refractivity contribution is 0.0934. The second-order valence-electron chi connectivity index (χ2n) is 6.20. The number of ketones is 1. The number of thioether (sulfide) groups is 1. The van der Waals surface area contributed by atoms with Gasteiger partial charge in [-0.1, -0.05) is 44.7 Å². The van der Waals surface area contributed by atoms with Gasteiger partial charge >= 0.3 is 0 Å². The third kappa shape index (κ3) is 5.15. The Kier molecular flexibility index (Phi) is 6.78. The van der Waals surface area contributed by atoms with Crippen molar-refractivity contribution >= 4 is 17.5 Å². The molecular formula is C18H27NOS. The molecule has 2 N–H and O–H groups in total. The van der Waals surface area contributed by atoms with Gasteiger partial charge in [0, 0.05) is 28.7 Å². The standard InChI is InChI=1S/C18H27NOS/c1-14(12-19)18(20)16-9-6-10-17(11-16)21-13-15-7-4-2-3-5-8-15/h6,9-11,14-15H,2-5,7-8,12-13,19H2,1H3. The normalized spacial score (nSPS) is 18.2. The summed E-state index contributed by atoms with van der Waals surface area (Å²) in [6, 6.07) is 8.05. The molecule has 3 heteroatoms. The van der Waals surface area contributed by atoms with Crippen molar-refractivity contribution in [3.63, 3.8) is 0 Å². The Labute approximate surface area is 132 Å². The van der Waals surface area contributed by atoms with Gasteiger partial charge in [-0.2, -0.15) is 0 Å². The van der Waals surface area contributed by atoms with Gasteiger partial charge in [-0.05, 0) is 30.9 Å². The fraction of sp³-hybridized carbons (Fsp3) is 0.611. The first-order chi connectivity index (χ1) is 10.2. The second kappa shape index (κ2) is 8.60. The van der Waals surface area contributed by atoms with Crippen LogP contribution >= 0.6 is 11.8 Å². The average Bonchev–Trinajstić information content (AvgIpc) is 2.80. The number of hydrogen-bond donors (Lipinski definition) is 1. The quantitative estimate of drug-likeness (QED) is 0.477. The lowest BCUT2D eigenvalue weighted by atomic mass is 10.00.